The zero-order valence-corrected chi connectivity index (χ0v) is 15.6. The number of sulfonamides is 1. The van der Waals surface area contributed by atoms with Crippen LogP contribution in [-0.4, -0.2) is 20.9 Å². The molecular formula is C19H24N2O3S. The van der Waals surface area contributed by atoms with E-state index >= 15 is 0 Å². The molecule has 0 heterocycles. The summed E-state index contributed by atoms with van der Waals surface area (Å²) in [7, 11) is -3.61. The SMILES string of the molecule is Cc1ccc(S(=O)(=O)NCCC(=O)NCc2ccccc2C)c(C)c1. The fourth-order valence-electron chi connectivity index (χ4n) is 2.57. The first-order chi connectivity index (χ1) is 11.8. The van der Waals surface area contributed by atoms with E-state index in [2.05, 4.69) is 10.0 Å². The van der Waals surface area contributed by atoms with Gasteiger partial charge in [0.05, 0.1) is 4.90 Å². The van der Waals surface area contributed by atoms with Crippen molar-refractivity contribution in [3.8, 4) is 0 Å². The molecular weight excluding hydrogens is 336 g/mol. The van der Waals surface area contributed by atoms with Gasteiger partial charge in [0.1, 0.15) is 0 Å². The Balaban J connectivity index is 1.85. The van der Waals surface area contributed by atoms with Crippen molar-refractivity contribution in [2.75, 3.05) is 6.54 Å². The summed E-state index contributed by atoms with van der Waals surface area (Å²) >= 11 is 0. The summed E-state index contributed by atoms with van der Waals surface area (Å²) in [5, 5.41) is 2.81. The number of rotatable bonds is 7. The lowest BCUT2D eigenvalue weighted by Gasteiger charge is -2.11. The summed E-state index contributed by atoms with van der Waals surface area (Å²) in [4.78, 5) is 12.2. The van der Waals surface area contributed by atoms with Gasteiger partial charge in [-0.3, -0.25) is 4.79 Å². The third-order valence-corrected chi connectivity index (χ3v) is 5.62. The molecule has 0 fully saturated rings. The van der Waals surface area contributed by atoms with E-state index in [9.17, 15) is 13.2 Å². The number of nitrogens with one attached hydrogen (secondary N) is 2. The van der Waals surface area contributed by atoms with Crippen LogP contribution < -0.4 is 10.0 Å². The number of hydrogen-bond donors (Lipinski definition) is 2. The molecule has 1 amide bonds. The molecule has 25 heavy (non-hydrogen) atoms. The highest BCUT2D eigenvalue weighted by molar-refractivity contribution is 7.89. The van der Waals surface area contributed by atoms with E-state index < -0.39 is 10.0 Å². The minimum Gasteiger partial charge on any atom is -0.352 e. The summed E-state index contributed by atoms with van der Waals surface area (Å²) in [6.07, 6.45) is 0.0933. The molecule has 0 aliphatic rings. The average molecular weight is 360 g/mol. The summed E-state index contributed by atoms with van der Waals surface area (Å²) in [6, 6.07) is 13.0. The molecule has 0 spiro atoms. The van der Waals surface area contributed by atoms with Gasteiger partial charge in [0.15, 0.2) is 0 Å². The summed E-state index contributed by atoms with van der Waals surface area (Å²) < 4.78 is 27.1. The molecule has 2 aromatic carbocycles. The number of carbonyl (C=O) groups excluding carboxylic acids is 1. The van der Waals surface area contributed by atoms with Crippen LogP contribution in [0.3, 0.4) is 0 Å². The first-order valence-corrected chi connectivity index (χ1v) is 9.66. The van der Waals surface area contributed by atoms with Crippen molar-refractivity contribution in [3.05, 3.63) is 64.7 Å². The van der Waals surface area contributed by atoms with Crippen molar-refractivity contribution < 1.29 is 13.2 Å². The molecule has 2 N–H and O–H groups in total. The van der Waals surface area contributed by atoms with Crippen molar-refractivity contribution in [2.24, 2.45) is 0 Å². The molecule has 0 atom stereocenters. The van der Waals surface area contributed by atoms with Gasteiger partial charge in [0.2, 0.25) is 15.9 Å². The molecule has 6 heteroatoms. The van der Waals surface area contributed by atoms with Crippen molar-refractivity contribution >= 4 is 15.9 Å². The van der Waals surface area contributed by atoms with Crippen LogP contribution in [0.15, 0.2) is 47.4 Å². The molecule has 0 unspecified atom stereocenters. The number of carbonyl (C=O) groups is 1. The van der Waals surface area contributed by atoms with Gasteiger partial charge >= 0.3 is 0 Å². The third-order valence-electron chi connectivity index (χ3n) is 4.00. The fraction of sp³-hybridized carbons (Fsp3) is 0.316. The van der Waals surface area contributed by atoms with Crippen LogP contribution in [0.4, 0.5) is 0 Å². The highest BCUT2D eigenvalue weighted by atomic mass is 32.2. The maximum absolute atomic E-state index is 12.3. The van der Waals surface area contributed by atoms with E-state index in [4.69, 9.17) is 0 Å². The Bertz CT molecular complexity index is 861. The molecule has 0 radical (unpaired) electrons. The fourth-order valence-corrected chi connectivity index (χ4v) is 3.82. The Kier molecular flexibility index (Phi) is 6.33. The lowest BCUT2D eigenvalue weighted by Crippen LogP contribution is -2.31. The van der Waals surface area contributed by atoms with Crippen LogP contribution in [0.5, 0.6) is 0 Å². The molecule has 2 rings (SSSR count). The van der Waals surface area contributed by atoms with Gasteiger partial charge in [0, 0.05) is 19.5 Å². The topological polar surface area (TPSA) is 75.3 Å². The second-order valence-corrected chi connectivity index (χ2v) is 7.86. The maximum Gasteiger partial charge on any atom is 0.240 e. The van der Waals surface area contributed by atoms with E-state index in [0.717, 1.165) is 16.7 Å². The second kappa shape index (κ2) is 8.27. The van der Waals surface area contributed by atoms with E-state index in [0.29, 0.717) is 12.1 Å². The Morgan fingerprint density at radius 2 is 1.72 bits per heavy atom. The van der Waals surface area contributed by atoms with Crippen LogP contribution in [0, 0.1) is 20.8 Å². The van der Waals surface area contributed by atoms with Gasteiger partial charge in [-0.15, -0.1) is 0 Å². The number of aryl methyl sites for hydroxylation is 3. The lowest BCUT2D eigenvalue weighted by molar-refractivity contribution is -0.121. The monoisotopic (exact) mass is 360 g/mol. The Hall–Kier alpha value is -2.18. The van der Waals surface area contributed by atoms with Gasteiger partial charge in [-0.1, -0.05) is 42.0 Å². The Morgan fingerprint density at radius 1 is 1.00 bits per heavy atom. The van der Waals surface area contributed by atoms with Gasteiger partial charge in [-0.05, 0) is 43.5 Å². The zero-order valence-electron chi connectivity index (χ0n) is 14.8. The van der Waals surface area contributed by atoms with Crippen molar-refractivity contribution in [1.82, 2.24) is 10.0 Å². The Morgan fingerprint density at radius 3 is 2.40 bits per heavy atom. The van der Waals surface area contributed by atoms with E-state index in [-0.39, 0.29) is 23.8 Å². The van der Waals surface area contributed by atoms with Crippen LogP contribution in [-0.2, 0) is 21.4 Å². The van der Waals surface area contributed by atoms with E-state index in [1.54, 1.807) is 19.1 Å². The first kappa shape index (κ1) is 19.1. The molecule has 0 aliphatic heterocycles. The molecule has 5 nitrogen and oxygen atoms in total. The van der Waals surface area contributed by atoms with E-state index in [1.807, 2.05) is 44.2 Å². The molecule has 0 saturated heterocycles. The molecule has 0 aromatic heterocycles. The first-order valence-electron chi connectivity index (χ1n) is 8.18. The van der Waals surface area contributed by atoms with Crippen molar-refractivity contribution in [1.29, 1.82) is 0 Å². The smallest absolute Gasteiger partial charge is 0.240 e. The number of hydrogen-bond acceptors (Lipinski definition) is 3. The number of amides is 1. The summed E-state index contributed by atoms with van der Waals surface area (Å²) in [5.74, 6) is -0.188. The van der Waals surface area contributed by atoms with Gasteiger partial charge in [0.25, 0.3) is 0 Å². The summed E-state index contributed by atoms with van der Waals surface area (Å²) in [5.41, 5.74) is 3.86. The van der Waals surface area contributed by atoms with Gasteiger partial charge in [-0.2, -0.15) is 0 Å². The standard InChI is InChI=1S/C19H24N2O3S/c1-14-8-9-18(16(3)12-14)25(23,24)21-11-10-19(22)20-13-17-7-5-4-6-15(17)2/h4-9,12,21H,10-11,13H2,1-3H3,(H,20,22). The van der Waals surface area contributed by atoms with Crippen molar-refractivity contribution in [2.45, 2.75) is 38.6 Å². The minimum atomic E-state index is -3.61. The van der Waals surface area contributed by atoms with Crippen molar-refractivity contribution in [3.63, 3.8) is 0 Å². The quantitative estimate of drug-likeness (QED) is 0.797. The van der Waals surface area contributed by atoms with Gasteiger partial charge in [-0.25, -0.2) is 13.1 Å². The molecule has 0 aliphatic carbocycles. The zero-order chi connectivity index (χ0) is 18.4. The third kappa shape index (κ3) is 5.41. The lowest BCUT2D eigenvalue weighted by atomic mass is 10.1. The molecule has 0 saturated carbocycles. The van der Waals surface area contributed by atoms with Crippen LogP contribution >= 0.6 is 0 Å². The van der Waals surface area contributed by atoms with Gasteiger partial charge < -0.3 is 5.32 Å². The molecule has 2 aromatic rings. The normalized spacial score (nSPS) is 11.3. The van der Waals surface area contributed by atoms with Crippen LogP contribution in [0.1, 0.15) is 28.7 Å². The average Bonchev–Trinajstić information content (AvgIpc) is 2.53. The molecule has 134 valence electrons. The minimum absolute atomic E-state index is 0.0647. The molecule has 0 bridgehead atoms. The predicted octanol–water partition coefficient (Wildman–Crippen LogP) is 2.60. The highest BCUT2D eigenvalue weighted by Crippen LogP contribution is 2.16. The predicted molar refractivity (Wildman–Crippen MR) is 98.7 cm³/mol. The van der Waals surface area contributed by atoms with Crippen LogP contribution in [0.25, 0.3) is 0 Å². The maximum atomic E-state index is 12.3. The second-order valence-electron chi connectivity index (χ2n) is 6.12. The summed E-state index contributed by atoms with van der Waals surface area (Å²) in [6.45, 7) is 6.16. The van der Waals surface area contributed by atoms with E-state index in [1.165, 1.54) is 0 Å². The largest absolute Gasteiger partial charge is 0.352 e. The Labute approximate surface area is 149 Å². The number of benzene rings is 2. The van der Waals surface area contributed by atoms with Crippen LogP contribution in [0.2, 0.25) is 0 Å². The highest BCUT2D eigenvalue weighted by Gasteiger charge is 2.16.